The Kier molecular flexibility index (Phi) is 4.22. The van der Waals surface area contributed by atoms with Gasteiger partial charge >= 0.3 is 0 Å². The third kappa shape index (κ3) is 3.34. The van der Waals surface area contributed by atoms with Crippen molar-refractivity contribution in [2.75, 3.05) is 6.54 Å². The van der Waals surface area contributed by atoms with E-state index < -0.39 is 0 Å². The number of nitrogens with zero attached hydrogens (tertiary/aromatic N) is 2. The minimum Gasteiger partial charge on any atom is -0.349 e. The van der Waals surface area contributed by atoms with Crippen molar-refractivity contribution in [3.05, 3.63) is 35.5 Å². The number of carbonyl (C=O) groups excluding carboxylic acids is 1. The summed E-state index contributed by atoms with van der Waals surface area (Å²) in [7, 11) is 0. The van der Waals surface area contributed by atoms with Crippen LogP contribution in [0, 0.1) is 5.92 Å². The molecule has 0 saturated heterocycles. The third-order valence-electron chi connectivity index (χ3n) is 4.10. The second-order valence-corrected chi connectivity index (χ2v) is 6.84. The minimum absolute atomic E-state index is 0.0160. The van der Waals surface area contributed by atoms with Gasteiger partial charge in [0.05, 0.1) is 23.3 Å². The van der Waals surface area contributed by atoms with E-state index in [2.05, 4.69) is 15.3 Å². The molecule has 3 N–H and O–H groups in total. The summed E-state index contributed by atoms with van der Waals surface area (Å²) in [4.78, 5) is 21.0. The van der Waals surface area contributed by atoms with E-state index in [-0.39, 0.29) is 17.9 Å². The molecule has 1 fully saturated rings. The Balaban J connectivity index is 1.64. The highest BCUT2D eigenvalue weighted by Crippen LogP contribution is 2.39. The molecule has 1 atom stereocenters. The first-order valence-corrected chi connectivity index (χ1v) is 8.35. The van der Waals surface area contributed by atoms with Gasteiger partial charge in [0.25, 0.3) is 0 Å². The maximum atomic E-state index is 12.2. The Labute approximate surface area is 134 Å². The lowest BCUT2D eigenvalue weighted by molar-refractivity contribution is -0.122. The molecule has 6 heteroatoms. The summed E-state index contributed by atoms with van der Waals surface area (Å²) in [5.74, 6) is 0.499. The van der Waals surface area contributed by atoms with E-state index >= 15 is 0 Å². The number of pyridine rings is 1. The predicted octanol–water partition coefficient (Wildman–Crippen LogP) is 1.99. The monoisotopic (exact) mass is 316 g/mol. The number of hydrogen-bond donors (Lipinski definition) is 2. The van der Waals surface area contributed by atoms with Crippen LogP contribution < -0.4 is 11.1 Å². The van der Waals surface area contributed by atoms with Crippen molar-refractivity contribution in [2.45, 2.75) is 31.7 Å². The maximum Gasteiger partial charge on any atom is 0.226 e. The zero-order valence-corrected chi connectivity index (χ0v) is 13.4. The lowest BCUT2D eigenvalue weighted by Gasteiger charge is -2.29. The number of nitrogens with two attached hydrogens (primary N) is 1. The van der Waals surface area contributed by atoms with Crippen molar-refractivity contribution < 1.29 is 4.79 Å². The van der Waals surface area contributed by atoms with Gasteiger partial charge in [-0.15, -0.1) is 11.3 Å². The number of thiazole rings is 1. The van der Waals surface area contributed by atoms with Crippen molar-refractivity contribution >= 4 is 17.2 Å². The van der Waals surface area contributed by atoms with Gasteiger partial charge in [0, 0.05) is 18.1 Å². The van der Waals surface area contributed by atoms with Gasteiger partial charge in [0.15, 0.2) is 0 Å². The largest absolute Gasteiger partial charge is 0.349 e. The highest BCUT2D eigenvalue weighted by atomic mass is 32.1. The molecule has 1 saturated carbocycles. The first kappa shape index (κ1) is 15.1. The average molecular weight is 316 g/mol. The molecule has 116 valence electrons. The summed E-state index contributed by atoms with van der Waals surface area (Å²) < 4.78 is 0. The summed E-state index contributed by atoms with van der Waals surface area (Å²) in [6.45, 7) is 2.50. The molecule has 1 aliphatic carbocycles. The van der Waals surface area contributed by atoms with E-state index in [1.165, 1.54) is 11.3 Å². The number of rotatable bonds is 6. The van der Waals surface area contributed by atoms with Crippen molar-refractivity contribution in [2.24, 2.45) is 11.7 Å². The second kappa shape index (κ2) is 6.14. The fourth-order valence-electron chi connectivity index (χ4n) is 2.56. The number of hydrogen-bond acceptors (Lipinski definition) is 5. The van der Waals surface area contributed by atoms with Crippen molar-refractivity contribution in [3.8, 4) is 10.7 Å². The van der Waals surface area contributed by atoms with Gasteiger partial charge in [0.1, 0.15) is 5.01 Å². The summed E-state index contributed by atoms with van der Waals surface area (Å²) >= 11 is 1.51. The molecule has 0 spiro atoms. The summed E-state index contributed by atoms with van der Waals surface area (Å²) in [5, 5.41) is 5.84. The summed E-state index contributed by atoms with van der Waals surface area (Å²) in [6, 6.07) is 5.72. The van der Waals surface area contributed by atoms with Crippen LogP contribution in [0.2, 0.25) is 0 Å². The first-order valence-electron chi connectivity index (χ1n) is 7.47. The highest BCUT2D eigenvalue weighted by molar-refractivity contribution is 7.13. The summed E-state index contributed by atoms with van der Waals surface area (Å²) in [5.41, 5.74) is 7.17. The second-order valence-electron chi connectivity index (χ2n) is 5.98. The molecule has 0 radical (unpaired) electrons. The molecule has 1 aliphatic rings. The van der Waals surface area contributed by atoms with E-state index in [4.69, 9.17) is 5.73 Å². The molecular formula is C16H20N4OS. The smallest absolute Gasteiger partial charge is 0.226 e. The van der Waals surface area contributed by atoms with Crippen LogP contribution in [0.3, 0.4) is 0 Å². The first-order chi connectivity index (χ1) is 10.6. The molecule has 0 bridgehead atoms. The van der Waals surface area contributed by atoms with Crippen LogP contribution in [0.25, 0.3) is 10.7 Å². The molecule has 2 heterocycles. The Hall–Kier alpha value is -1.79. The van der Waals surface area contributed by atoms with Crippen molar-refractivity contribution in [1.29, 1.82) is 0 Å². The van der Waals surface area contributed by atoms with E-state index in [0.717, 1.165) is 29.2 Å². The van der Waals surface area contributed by atoms with Crippen LogP contribution in [0.5, 0.6) is 0 Å². The Morgan fingerprint density at radius 1 is 1.50 bits per heavy atom. The molecule has 1 amide bonds. The van der Waals surface area contributed by atoms with Crippen LogP contribution >= 0.6 is 11.3 Å². The van der Waals surface area contributed by atoms with Crippen molar-refractivity contribution in [1.82, 2.24) is 15.3 Å². The lowest BCUT2D eigenvalue weighted by atomic mass is 9.95. The SMILES string of the molecule is CC(CN)(NC(=O)Cc1csc(-c2ccccn2)n1)C1CC1. The normalized spacial score (nSPS) is 17.0. The van der Waals surface area contributed by atoms with Crippen LogP contribution in [-0.4, -0.2) is 28.0 Å². The van der Waals surface area contributed by atoms with Crippen molar-refractivity contribution in [3.63, 3.8) is 0 Å². The predicted molar refractivity (Wildman–Crippen MR) is 87.4 cm³/mol. The number of carbonyl (C=O) groups is 1. The van der Waals surface area contributed by atoms with Gasteiger partial charge < -0.3 is 11.1 Å². The van der Waals surface area contributed by atoms with Gasteiger partial charge in [-0.1, -0.05) is 6.07 Å². The van der Waals surface area contributed by atoms with Gasteiger partial charge in [-0.3, -0.25) is 9.78 Å². The zero-order chi connectivity index (χ0) is 15.6. The molecule has 2 aromatic rings. The van der Waals surface area contributed by atoms with Gasteiger partial charge in [-0.05, 0) is 37.8 Å². The maximum absolute atomic E-state index is 12.2. The van der Waals surface area contributed by atoms with Gasteiger partial charge in [0.2, 0.25) is 5.91 Å². The van der Waals surface area contributed by atoms with Gasteiger partial charge in [-0.25, -0.2) is 4.98 Å². The minimum atomic E-state index is -0.281. The van der Waals surface area contributed by atoms with Crippen LogP contribution in [-0.2, 0) is 11.2 Å². The highest BCUT2D eigenvalue weighted by Gasteiger charge is 2.41. The number of aromatic nitrogens is 2. The van der Waals surface area contributed by atoms with E-state index in [0.29, 0.717) is 12.5 Å². The van der Waals surface area contributed by atoms with Crippen LogP contribution in [0.15, 0.2) is 29.8 Å². The summed E-state index contributed by atoms with van der Waals surface area (Å²) in [6.07, 6.45) is 4.32. The van der Waals surface area contributed by atoms with Gasteiger partial charge in [-0.2, -0.15) is 0 Å². The van der Waals surface area contributed by atoms with Crippen LogP contribution in [0.4, 0.5) is 0 Å². The molecule has 0 aliphatic heterocycles. The Morgan fingerprint density at radius 3 is 2.95 bits per heavy atom. The standard InChI is InChI=1S/C16H20N4OS/c1-16(10-17,11-5-6-11)20-14(21)8-12-9-22-15(19-12)13-4-2-3-7-18-13/h2-4,7,9,11H,5-6,8,10,17H2,1H3,(H,20,21). The average Bonchev–Trinajstić information content (AvgIpc) is 3.29. The quantitative estimate of drug-likeness (QED) is 0.854. The van der Waals surface area contributed by atoms with E-state index in [1.54, 1.807) is 6.20 Å². The zero-order valence-electron chi connectivity index (χ0n) is 12.6. The third-order valence-corrected chi connectivity index (χ3v) is 5.02. The molecule has 0 aromatic carbocycles. The lowest BCUT2D eigenvalue weighted by Crippen LogP contribution is -2.53. The fraction of sp³-hybridized carbons (Fsp3) is 0.438. The molecule has 5 nitrogen and oxygen atoms in total. The molecule has 2 aromatic heterocycles. The topological polar surface area (TPSA) is 80.9 Å². The molecule has 22 heavy (non-hydrogen) atoms. The van der Waals surface area contributed by atoms with E-state index in [9.17, 15) is 4.79 Å². The number of nitrogens with one attached hydrogen (secondary N) is 1. The fourth-order valence-corrected chi connectivity index (χ4v) is 3.36. The van der Waals surface area contributed by atoms with E-state index in [1.807, 2.05) is 30.5 Å². The Morgan fingerprint density at radius 2 is 2.32 bits per heavy atom. The number of amides is 1. The molecule has 3 rings (SSSR count). The molecule has 1 unspecified atom stereocenters. The molecular weight excluding hydrogens is 296 g/mol. The Bertz CT molecular complexity index is 653. The van der Waals surface area contributed by atoms with Crippen LogP contribution in [0.1, 0.15) is 25.5 Å².